The molecule has 13 nitrogen and oxygen atoms in total. The van der Waals surface area contributed by atoms with Crippen LogP contribution in [0.5, 0.6) is 0 Å². The van der Waals surface area contributed by atoms with Gasteiger partial charge in [0.25, 0.3) is 5.69 Å². The molecule has 1 aliphatic rings. The van der Waals surface area contributed by atoms with Crippen LogP contribution < -0.4 is 16.0 Å². The first-order valence-electron chi connectivity index (χ1n) is 12.6. The minimum Gasteiger partial charge on any atom is -0.466 e. The fourth-order valence-corrected chi connectivity index (χ4v) is 3.90. The van der Waals surface area contributed by atoms with Gasteiger partial charge in [-0.3, -0.25) is 19.7 Å². The highest BCUT2D eigenvalue weighted by Crippen LogP contribution is 2.26. The molecule has 13 heteroatoms. The molecule has 0 aliphatic carbocycles. The molecule has 0 saturated carbocycles. The van der Waals surface area contributed by atoms with E-state index in [9.17, 15) is 29.3 Å². The van der Waals surface area contributed by atoms with Crippen LogP contribution in [0, 0.1) is 10.1 Å². The van der Waals surface area contributed by atoms with Crippen molar-refractivity contribution in [3.63, 3.8) is 0 Å². The average Bonchev–Trinajstić information content (AvgIpc) is 3.32. The van der Waals surface area contributed by atoms with Crippen LogP contribution in [-0.4, -0.2) is 78.1 Å². The molecule has 1 aliphatic heterocycles. The quantitative estimate of drug-likeness (QED) is 0.124. The summed E-state index contributed by atoms with van der Waals surface area (Å²) in [7, 11) is 1.23. The lowest BCUT2D eigenvalue weighted by Gasteiger charge is -2.24. The Balaban J connectivity index is 2.02. The van der Waals surface area contributed by atoms with E-state index in [2.05, 4.69) is 20.7 Å². The summed E-state index contributed by atoms with van der Waals surface area (Å²) in [4.78, 5) is 61.0. The standard InChI is InChI=1S/C26H37N5O8/c1-17(32)30-14-12-19(16-30)28-24(34)21(29-25(35)39-26(2,3)4)7-6-13-27-20-10-8-18(9-11-23(33)38-5)15-22(20)31(36)37/h8-11,15,19,21,27H,6-7,12-14,16H2,1-5H3,(H,28,34)(H,29,35)/b11-9+/t19-,21+/m1/s1. The largest absolute Gasteiger partial charge is 0.466 e. The topological polar surface area (TPSA) is 169 Å². The normalized spacial score (nSPS) is 15.9. The number of rotatable bonds is 11. The van der Waals surface area contributed by atoms with E-state index in [1.165, 1.54) is 32.2 Å². The Morgan fingerprint density at radius 1 is 1.26 bits per heavy atom. The Kier molecular flexibility index (Phi) is 11.2. The molecule has 1 aromatic carbocycles. The first-order chi connectivity index (χ1) is 18.3. The van der Waals surface area contributed by atoms with Crippen LogP contribution in [0.2, 0.25) is 0 Å². The average molecular weight is 548 g/mol. The minimum absolute atomic E-state index is 0.0668. The monoisotopic (exact) mass is 547 g/mol. The highest BCUT2D eigenvalue weighted by molar-refractivity contribution is 5.87. The van der Waals surface area contributed by atoms with E-state index >= 15 is 0 Å². The lowest BCUT2D eigenvalue weighted by Crippen LogP contribution is -2.51. The number of ether oxygens (including phenoxy) is 2. The van der Waals surface area contributed by atoms with Gasteiger partial charge in [0.1, 0.15) is 17.3 Å². The molecule has 39 heavy (non-hydrogen) atoms. The zero-order chi connectivity index (χ0) is 29.2. The summed E-state index contributed by atoms with van der Waals surface area (Å²) in [5.41, 5.74) is -0.214. The van der Waals surface area contributed by atoms with E-state index in [0.717, 1.165) is 6.08 Å². The van der Waals surface area contributed by atoms with E-state index in [-0.39, 0.29) is 36.3 Å². The molecule has 0 aromatic heterocycles. The van der Waals surface area contributed by atoms with Crippen molar-refractivity contribution < 1.29 is 33.6 Å². The van der Waals surface area contributed by atoms with Gasteiger partial charge in [0, 0.05) is 44.7 Å². The Hall–Kier alpha value is -4.16. The maximum atomic E-state index is 13.0. The van der Waals surface area contributed by atoms with E-state index in [0.29, 0.717) is 31.5 Å². The van der Waals surface area contributed by atoms with Crippen LogP contribution in [0.1, 0.15) is 52.5 Å². The maximum absolute atomic E-state index is 13.0. The van der Waals surface area contributed by atoms with E-state index in [4.69, 9.17) is 4.74 Å². The number of carbonyl (C=O) groups excluding carboxylic acids is 4. The number of benzene rings is 1. The predicted octanol–water partition coefficient (Wildman–Crippen LogP) is 2.60. The van der Waals surface area contributed by atoms with Crippen LogP contribution >= 0.6 is 0 Å². The predicted molar refractivity (Wildman–Crippen MR) is 144 cm³/mol. The van der Waals surface area contributed by atoms with Crippen molar-refractivity contribution in [2.24, 2.45) is 0 Å². The lowest BCUT2D eigenvalue weighted by molar-refractivity contribution is -0.384. The van der Waals surface area contributed by atoms with Crippen LogP contribution in [0.3, 0.4) is 0 Å². The maximum Gasteiger partial charge on any atom is 0.408 e. The molecule has 214 valence electrons. The van der Waals surface area contributed by atoms with Crippen LogP contribution in [-0.2, 0) is 23.9 Å². The number of nitrogens with one attached hydrogen (secondary N) is 3. The van der Waals surface area contributed by atoms with Gasteiger partial charge in [-0.15, -0.1) is 0 Å². The van der Waals surface area contributed by atoms with Gasteiger partial charge in [0.15, 0.2) is 0 Å². The first-order valence-corrected chi connectivity index (χ1v) is 12.6. The summed E-state index contributed by atoms with van der Waals surface area (Å²) in [6.07, 6.45) is 3.07. The number of likely N-dealkylation sites (tertiary alicyclic amines) is 1. The third kappa shape index (κ3) is 10.6. The molecular formula is C26H37N5O8. The minimum atomic E-state index is -0.908. The second-order valence-electron chi connectivity index (χ2n) is 10.1. The number of amides is 3. The molecule has 0 radical (unpaired) electrons. The number of methoxy groups -OCH3 is 1. The van der Waals surface area contributed by atoms with Crippen molar-refractivity contribution in [3.8, 4) is 0 Å². The molecule has 3 N–H and O–H groups in total. The number of nitrogens with zero attached hydrogens (tertiary/aromatic N) is 2. The summed E-state index contributed by atoms with van der Waals surface area (Å²) in [6, 6.07) is 3.33. The van der Waals surface area contributed by atoms with Crippen molar-refractivity contribution in [1.82, 2.24) is 15.5 Å². The molecule has 0 bridgehead atoms. The fourth-order valence-electron chi connectivity index (χ4n) is 3.90. The Morgan fingerprint density at radius 3 is 2.56 bits per heavy atom. The fraction of sp³-hybridized carbons (Fsp3) is 0.538. The van der Waals surface area contributed by atoms with Crippen molar-refractivity contribution in [1.29, 1.82) is 0 Å². The molecular weight excluding hydrogens is 510 g/mol. The second kappa shape index (κ2) is 14.1. The molecule has 3 amide bonds. The molecule has 1 saturated heterocycles. The molecule has 1 aromatic rings. The van der Waals surface area contributed by atoms with Gasteiger partial charge in [-0.25, -0.2) is 9.59 Å². The van der Waals surface area contributed by atoms with Crippen molar-refractivity contribution >= 4 is 41.3 Å². The molecule has 0 spiro atoms. The first kappa shape index (κ1) is 31.1. The van der Waals surface area contributed by atoms with Gasteiger partial charge in [0.2, 0.25) is 11.8 Å². The number of hydrogen-bond acceptors (Lipinski definition) is 9. The van der Waals surface area contributed by atoms with Gasteiger partial charge in [-0.05, 0) is 57.7 Å². The molecule has 2 atom stereocenters. The highest BCUT2D eigenvalue weighted by Gasteiger charge is 2.29. The number of hydrogen-bond donors (Lipinski definition) is 3. The SMILES string of the molecule is COC(=O)/C=C/c1ccc(NCCC[C@H](NC(=O)OC(C)(C)C)C(=O)N[C@@H]2CCN(C(C)=O)C2)c([N+](=O)[O-])c1. The smallest absolute Gasteiger partial charge is 0.408 e. The summed E-state index contributed by atoms with van der Waals surface area (Å²) < 4.78 is 9.82. The third-order valence-corrected chi connectivity index (χ3v) is 5.80. The van der Waals surface area contributed by atoms with Crippen molar-refractivity contribution in [3.05, 3.63) is 40.0 Å². The highest BCUT2D eigenvalue weighted by atomic mass is 16.6. The van der Waals surface area contributed by atoms with Gasteiger partial charge in [-0.2, -0.15) is 0 Å². The second-order valence-corrected chi connectivity index (χ2v) is 10.1. The number of anilines is 1. The van der Waals surface area contributed by atoms with E-state index in [1.807, 2.05) is 0 Å². The number of nitro benzene ring substituents is 1. The summed E-state index contributed by atoms with van der Waals surface area (Å²) in [5.74, 6) is -1.05. The zero-order valence-electron chi connectivity index (χ0n) is 22.9. The molecule has 0 unspecified atom stereocenters. The summed E-state index contributed by atoms with van der Waals surface area (Å²) >= 11 is 0. The van der Waals surface area contributed by atoms with Gasteiger partial charge >= 0.3 is 12.1 Å². The lowest BCUT2D eigenvalue weighted by atomic mass is 10.1. The Morgan fingerprint density at radius 2 is 1.97 bits per heavy atom. The zero-order valence-corrected chi connectivity index (χ0v) is 22.9. The van der Waals surface area contributed by atoms with Gasteiger partial charge in [0.05, 0.1) is 12.0 Å². The van der Waals surface area contributed by atoms with E-state index < -0.39 is 34.5 Å². The van der Waals surface area contributed by atoms with Gasteiger partial charge < -0.3 is 30.3 Å². The third-order valence-electron chi connectivity index (χ3n) is 5.80. The van der Waals surface area contributed by atoms with Gasteiger partial charge in [-0.1, -0.05) is 6.07 Å². The number of carbonyl (C=O) groups is 4. The Labute approximate surface area is 227 Å². The summed E-state index contributed by atoms with van der Waals surface area (Å²) in [5, 5.41) is 20.1. The number of esters is 1. The van der Waals surface area contributed by atoms with Crippen LogP contribution in [0.15, 0.2) is 24.3 Å². The van der Waals surface area contributed by atoms with Crippen molar-refractivity contribution in [2.75, 3.05) is 32.1 Å². The molecule has 2 rings (SSSR count). The van der Waals surface area contributed by atoms with Crippen LogP contribution in [0.4, 0.5) is 16.2 Å². The Bertz CT molecular complexity index is 1100. The van der Waals surface area contributed by atoms with Crippen LogP contribution in [0.25, 0.3) is 6.08 Å². The number of nitro groups is 1. The molecule has 1 fully saturated rings. The van der Waals surface area contributed by atoms with E-state index in [1.54, 1.807) is 31.7 Å². The van der Waals surface area contributed by atoms with Crippen molar-refractivity contribution in [2.45, 2.75) is 64.6 Å². The molecule has 1 heterocycles. The number of alkyl carbamates (subject to hydrolysis) is 1. The summed E-state index contributed by atoms with van der Waals surface area (Å²) in [6.45, 7) is 7.83.